The van der Waals surface area contributed by atoms with Gasteiger partial charge in [-0.15, -0.1) is 0 Å². The van der Waals surface area contributed by atoms with Crippen molar-refractivity contribution in [2.24, 2.45) is 0 Å². The van der Waals surface area contributed by atoms with Crippen molar-refractivity contribution in [3.05, 3.63) is 35.4 Å². The number of hydrogen-bond acceptors (Lipinski definition) is 2. The highest BCUT2D eigenvalue weighted by molar-refractivity contribution is 5.81. The Kier molecular flexibility index (Phi) is 5.58. The molecular formula is C18H25NO3. The molecule has 1 fully saturated rings. The molecule has 1 atom stereocenters. The van der Waals surface area contributed by atoms with Crippen molar-refractivity contribution in [1.82, 2.24) is 4.90 Å². The standard InChI is InChI=1S/C18H25NO3/c1-13(2)14-6-8-15(9-7-14)16-5-3-4-12-19(16)17(20)10-11-18(21)22/h6-9,13,16H,3-5,10-12H2,1-2H3,(H,21,22). The SMILES string of the molecule is CC(C)c1ccc(C2CCCCN2C(=O)CCC(=O)O)cc1. The van der Waals surface area contributed by atoms with Crippen LogP contribution in [0.4, 0.5) is 0 Å². The predicted octanol–water partition coefficient (Wildman–Crippen LogP) is 3.73. The first kappa shape index (κ1) is 16.5. The first-order valence-corrected chi connectivity index (χ1v) is 8.10. The van der Waals surface area contributed by atoms with Crippen LogP contribution in [0.3, 0.4) is 0 Å². The Hall–Kier alpha value is -1.84. The van der Waals surface area contributed by atoms with E-state index in [0.717, 1.165) is 31.4 Å². The summed E-state index contributed by atoms with van der Waals surface area (Å²) >= 11 is 0. The summed E-state index contributed by atoms with van der Waals surface area (Å²) in [5.74, 6) is -0.461. The molecule has 1 aromatic carbocycles. The van der Waals surface area contributed by atoms with E-state index in [9.17, 15) is 9.59 Å². The number of rotatable bonds is 5. The summed E-state index contributed by atoms with van der Waals surface area (Å²) in [6.07, 6.45) is 3.07. The average Bonchev–Trinajstić information content (AvgIpc) is 2.52. The molecule has 1 aliphatic rings. The van der Waals surface area contributed by atoms with E-state index in [2.05, 4.69) is 38.1 Å². The van der Waals surface area contributed by atoms with Gasteiger partial charge in [-0.3, -0.25) is 9.59 Å². The molecule has 0 aliphatic carbocycles. The van der Waals surface area contributed by atoms with Gasteiger partial charge in [-0.1, -0.05) is 38.1 Å². The third kappa shape index (κ3) is 4.09. The summed E-state index contributed by atoms with van der Waals surface area (Å²) < 4.78 is 0. The Morgan fingerprint density at radius 2 is 1.86 bits per heavy atom. The first-order chi connectivity index (χ1) is 10.5. The van der Waals surface area contributed by atoms with Crippen LogP contribution in [-0.4, -0.2) is 28.4 Å². The number of hydrogen-bond donors (Lipinski definition) is 1. The number of carboxylic acid groups (broad SMARTS) is 1. The van der Waals surface area contributed by atoms with Crippen LogP contribution in [0.2, 0.25) is 0 Å². The Balaban J connectivity index is 2.11. The monoisotopic (exact) mass is 303 g/mol. The van der Waals surface area contributed by atoms with Gasteiger partial charge in [0.25, 0.3) is 0 Å². The van der Waals surface area contributed by atoms with Gasteiger partial charge >= 0.3 is 5.97 Å². The van der Waals surface area contributed by atoms with Crippen LogP contribution in [-0.2, 0) is 9.59 Å². The summed E-state index contributed by atoms with van der Waals surface area (Å²) in [4.78, 5) is 24.9. The van der Waals surface area contributed by atoms with Crippen LogP contribution in [0.25, 0.3) is 0 Å². The number of amides is 1. The van der Waals surface area contributed by atoms with Crippen molar-refractivity contribution in [1.29, 1.82) is 0 Å². The average molecular weight is 303 g/mol. The smallest absolute Gasteiger partial charge is 0.303 e. The molecule has 1 aliphatic heterocycles. The number of aliphatic carboxylic acids is 1. The lowest BCUT2D eigenvalue weighted by Crippen LogP contribution is -2.38. The summed E-state index contributed by atoms with van der Waals surface area (Å²) in [6, 6.07) is 8.59. The molecule has 2 rings (SSSR count). The molecule has 0 spiro atoms. The van der Waals surface area contributed by atoms with Gasteiger partial charge in [-0.2, -0.15) is 0 Å². The van der Waals surface area contributed by atoms with Crippen molar-refractivity contribution in [3.8, 4) is 0 Å². The molecule has 1 heterocycles. The van der Waals surface area contributed by atoms with Crippen LogP contribution < -0.4 is 0 Å². The Morgan fingerprint density at radius 1 is 1.18 bits per heavy atom. The summed E-state index contributed by atoms with van der Waals surface area (Å²) in [5.41, 5.74) is 2.45. The molecule has 0 saturated carbocycles. The van der Waals surface area contributed by atoms with Crippen molar-refractivity contribution in [3.63, 3.8) is 0 Å². The zero-order valence-corrected chi connectivity index (χ0v) is 13.4. The van der Waals surface area contributed by atoms with E-state index in [0.29, 0.717) is 5.92 Å². The second-order valence-corrected chi connectivity index (χ2v) is 6.31. The summed E-state index contributed by atoms with van der Waals surface area (Å²) in [7, 11) is 0. The van der Waals surface area contributed by atoms with Gasteiger partial charge in [0, 0.05) is 13.0 Å². The molecule has 1 unspecified atom stereocenters. The molecule has 4 heteroatoms. The number of likely N-dealkylation sites (tertiary alicyclic amines) is 1. The number of benzene rings is 1. The maximum atomic E-state index is 12.3. The highest BCUT2D eigenvalue weighted by Crippen LogP contribution is 2.32. The number of carbonyl (C=O) groups is 2. The van der Waals surface area contributed by atoms with Gasteiger partial charge in [0.2, 0.25) is 5.91 Å². The molecule has 1 N–H and O–H groups in total. The fourth-order valence-corrected chi connectivity index (χ4v) is 3.04. The van der Waals surface area contributed by atoms with E-state index in [1.807, 2.05) is 4.90 Å². The minimum atomic E-state index is -0.914. The molecule has 0 bridgehead atoms. The maximum absolute atomic E-state index is 12.3. The topological polar surface area (TPSA) is 57.6 Å². The van der Waals surface area contributed by atoms with Crippen molar-refractivity contribution in [2.45, 2.75) is 57.9 Å². The van der Waals surface area contributed by atoms with E-state index in [-0.39, 0.29) is 24.8 Å². The third-order valence-electron chi connectivity index (χ3n) is 4.36. The predicted molar refractivity (Wildman–Crippen MR) is 85.7 cm³/mol. The Labute approximate surface area is 132 Å². The van der Waals surface area contributed by atoms with Crippen LogP contribution in [0.1, 0.15) is 69.0 Å². The Morgan fingerprint density at radius 3 is 2.45 bits per heavy atom. The molecule has 1 saturated heterocycles. The number of carbonyl (C=O) groups excluding carboxylic acids is 1. The van der Waals surface area contributed by atoms with E-state index in [1.165, 1.54) is 5.56 Å². The minimum absolute atomic E-state index is 0.0416. The summed E-state index contributed by atoms with van der Waals surface area (Å²) in [5, 5.41) is 8.76. The van der Waals surface area contributed by atoms with Gasteiger partial charge in [0.15, 0.2) is 0 Å². The highest BCUT2D eigenvalue weighted by Gasteiger charge is 2.27. The molecular weight excluding hydrogens is 278 g/mol. The highest BCUT2D eigenvalue weighted by atomic mass is 16.4. The second kappa shape index (κ2) is 7.43. The fraction of sp³-hybridized carbons (Fsp3) is 0.556. The van der Waals surface area contributed by atoms with Gasteiger partial charge in [0.05, 0.1) is 12.5 Å². The first-order valence-electron chi connectivity index (χ1n) is 8.10. The van der Waals surface area contributed by atoms with Crippen molar-refractivity contribution in [2.75, 3.05) is 6.54 Å². The van der Waals surface area contributed by atoms with Gasteiger partial charge < -0.3 is 10.0 Å². The van der Waals surface area contributed by atoms with E-state index >= 15 is 0 Å². The molecule has 120 valence electrons. The molecule has 1 amide bonds. The number of carboxylic acids is 1. The lowest BCUT2D eigenvalue weighted by molar-refractivity contribution is -0.142. The lowest BCUT2D eigenvalue weighted by atomic mass is 9.92. The molecule has 22 heavy (non-hydrogen) atoms. The zero-order valence-electron chi connectivity index (χ0n) is 13.4. The quantitative estimate of drug-likeness (QED) is 0.901. The van der Waals surface area contributed by atoms with E-state index in [1.54, 1.807) is 0 Å². The van der Waals surface area contributed by atoms with Crippen LogP contribution in [0.15, 0.2) is 24.3 Å². The third-order valence-corrected chi connectivity index (χ3v) is 4.36. The Bertz CT molecular complexity index is 522. The maximum Gasteiger partial charge on any atom is 0.303 e. The number of nitrogens with zero attached hydrogens (tertiary/aromatic N) is 1. The van der Waals surface area contributed by atoms with Gasteiger partial charge in [-0.05, 0) is 36.3 Å². The fourth-order valence-electron chi connectivity index (χ4n) is 3.04. The molecule has 0 aromatic heterocycles. The second-order valence-electron chi connectivity index (χ2n) is 6.31. The lowest BCUT2D eigenvalue weighted by Gasteiger charge is -2.36. The summed E-state index contributed by atoms with van der Waals surface area (Å²) in [6.45, 7) is 5.06. The van der Waals surface area contributed by atoms with E-state index < -0.39 is 5.97 Å². The normalized spacial score (nSPS) is 18.5. The molecule has 0 radical (unpaired) electrons. The number of piperidine rings is 1. The van der Waals surface area contributed by atoms with Crippen molar-refractivity contribution < 1.29 is 14.7 Å². The largest absolute Gasteiger partial charge is 0.481 e. The van der Waals surface area contributed by atoms with Crippen LogP contribution in [0, 0.1) is 0 Å². The molecule has 4 nitrogen and oxygen atoms in total. The van der Waals surface area contributed by atoms with Crippen LogP contribution >= 0.6 is 0 Å². The zero-order chi connectivity index (χ0) is 16.1. The molecule has 1 aromatic rings. The van der Waals surface area contributed by atoms with Gasteiger partial charge in [0.1, 0.15) is 0 Å². The minimum Gasteiger partial charge on any atom is -0.481 e. The van der Waals surface area contributed by atoms with Crippen molar-refractivity contribution >= 4 is 11.9 Å². The van der Waals surface area contributed by atoms with E-state index in [4.69, 9.17) is 5.11 Å². The van der Waals surface area contributed by atoms with Crippen LogP contribution in [0.5, 0.6) is 0 Å². The van der Waals surface area contributed by atoms with Gasteiger partial charge in [-0.25, -0.2) is 0 Å².